The molecule has 6 heteroatoms. The van der Waals surface area contributed by atoms with Crippen LogP contribution in [0.5, 0.6) is 0 Å². The highest BCUT2D eigenvalue weighted by molar-refractivity contribution is 6.04. The van der Waals surface area contributed by atoms with Crippen LogP contribution in [0.3, 0.4) is 0 Å². The maximum atomic E-state index is 11.8. The summed E-state index contributed by atoms with van der Waals surface area (Å²) in [5.41, 5.74) is 0.00481. The SMILES string of the molecule is CC1C(=O)N(Cc2cc(C(=O)O)co2)C(=O)C1C. The zero-order valence-corrected chi connectivity index (χ0v) is 10.0. The molecule has 2 rings (SSSR count). The molecule has 18 heavy (non-hydrogen) atoms. The minimum absolute atomic E-state index is 0.00481. The van der Waals surface area contributed by atoms with Crippen molar-refractivity contribution >= 4 is 17.8 Å². The van der Waals surface area contributed by atoms with Crippen LogP contribution in [0.25, 0.3) is 0 Å². The second-order valence-electron chi connectivity index (χ2n) is 4.45. The predicted octanol–water partition coefficient (Wildman–Crippen LogP) is 1.12. The molecule has 2 unspecified atom stereocenters. The second-order valence-corrected chi connectivity index (χ2v) is 4.45. The van der Waals surface area contributed by atoms with Gasteiger partial charge in [0.2, 0.25) is 11.8 Å². The first-order valence-corrected chi connectivity index (χ1v) is 5.57. The number of nitrogens with zero attached hydrogens (tertiary/aromatic N) is 1. The van der Waals surface area contributed by atoms with Crippen LogP contribution >= 0.6 is 0 Å². The van der Waals surface area contributed by atoms with E-state index in [1.807, 2.05) is 0 Å². The zero-order valence-electron chi connectivity index (χ0n) is 10.0. The standard InChI is InChI=1S/C12H13NO5/c1-6-7(2)11(15)13(10(6)14)4-9-3-8(5-18-9)12(16)17/h3,5-7H,4H2,1-2H3,(H,16,17). The number of hydrogen-bond acceptors (Lipinski definition) is 4. The molecule has 2 atom stereocenters. The largest absolute Gasteiger partial charge is 0.478 e. The van der Waals surface area contributed by atoms with E-state index in [4.69, 9.17) is 9.52 Å². The average molecular weight is 251 g/mol. The monoisotopic (exact) mass is 251 g/mol. The molecule has 96 valence electrons. The van der Waals surface area contributed by atoms with E-state index in [2.05, 4.69) is 0 Å². The lowest BCUT2D eigenvalue weighted by atomic mass is 10.00. The smallest absolute Gasteiger partial charge is 0.338 e. The minimum Gasteiger partial charge on any atom is -0.478 e. The number of carbonyl (C=O) groups is 3. The van der Waals surface area contributed by atoms with Crippen molar-refractivity contribution in [2.45, 2.75) is 20.4 Å². The summed E-state index contributed by atoms with van der Waals surface area (Å²) < 4.78 is 5.03. The highest BCUT2D eigenvalue weighted by Gasteiger charge is 2.42. The van der Waals surface area contributed by atoms with E-state index in [1.165, 1.54) is 6.07 Å². The van der Waals surface area contributed by atoms with Gasteiger partial charge in [0, 0.05) is 11.8 Å². The van der Waals surface area contributed by atoms with Crippen LogP contribution in [0.2, 0.25) is 0 Å². The van der Waals surface area contributed by atoms with Crippen LogP contribution in [-0.2, 0) is 16.1 Å². The first kappa shape index (κ1) is 12.3. The van der Waals surface area contributed by atoms with E-state index in [9.17, 15) is 14.4 Å². The zero-order chi connectivity index (χ0) is 13.4. The Hall–Kier alpha value is -2.11. The lowest BCUT2D eigenvalue weighted by Gasteiger charge is -2.12. The maximum Gasteiger partial charge on any atom is 0.338 e. The molecule has 2 heterocycles. The molecule has 0 bridgehead atoms. The van der Waals surface area contributed by atoms with Crippen LogP contribution in [0, 0.1) is 11.8 Å². The number of imide groups is 1. The number of hydrogen-bond donors (Lipinski definition) is 1. The van der Waals surface area contributed by atoms with Gasteiger partial charge in [0.25, 0.3) is 0 Å². The minimum atomic E-state index is -1.11. The molecule has 0 radical (unpaired) electrons. The molecule has 1 saturated heterocycles. The quantitative estimate of drug-likeness (QED) is 0.813. The van der Waals surface area contributed by atoms with Crippen molar-refractivity contribution in [1.29, 1.82) is 0 Å². The second kappa shape index (κ2) is 4.29. The van der Waals surface area contributed by atoms with Gasteiger partial charge in [-0.25, -0.2) is 4.79 Å². The highest BCUT2D eigenvalue weighted by Crippen LogP contribution is 2.27. The third-order valence-electron chi connectivity index (χ3n) is 3.28. The molecule has 1 aliphatic heterocycles. The van der Waals surface area contributed by atoms with Crippen molar-refractivity contribution in [3.8, 4) is 0 Å². The van der Waals surface area contributed by atoms with Gasteiger partial charge < -0.3 is 9.52 Å². The molecular formula is C12H13NO5. The fourth-order valence-electron chi connectivity index (χ4n) is 1.92. The Labute approximate surface area is 103 Å². The number of carboxylic acids is 1. The van der Waals surface area contributed by atoms with Crippen molar-refractivity contribution in [3.63, 3.8) is 0 Å². The van der Waals surface area contributed by atoms with Gasteiger partial charge in [0.1, 0.15) is 12.0 Å². The molecule has 1 fully saturated rings. The van der Waals surface area contributed by atoms with Gasteiger partial charge in [-0.05, 0) is 6.07 Å². The third-order valence-corrected chi connectivity index (χ3v) is 3.28. The van der Waals surface area contributed by atoms with Gasteiger partial charge in [0.15, 0.2) is 0 Å². The Morgan fingerprint density at radius 3 is 2.33 bits per heavy atom. The summed E-state index contributed by atoms with van der Waals surface area (Å²) in [6.45, 7) is 3.39. The van der Waals surface area contributed by atoms with Crippen molar-refractivity contribution in [2.75, 3.05) is 0 Å². The molecule has 0 spiro atoms. The lowest BCUT2D eigenvalue weighted by molar-refractivity contribution is -0.140. The van der Waals surface area contributed by atoms with Crippen molar-refractivity contribution in [1.82, 2.24) is 4.90 Å². The number of furan rings is 1. The van der Waals surface area contributed by atoms with E-state index < -0.39 is 5.97 Å². The fourth-order valence-corrected chi connectivity index (χ4v) is 1.92. The van der Waals surface area contributed by atoms with Crippen molar-refractivity contribution in [3.05, 3.63) is 23.7 Å². The van der Waals surface area contributed by atoms with Crippen LogP contribution < -0.4 is 0 Å². The highest BCUT2D eigenvalue weighted by atomic mass is 16.4. The van der Waals surface area contributed by atoms with Gasteiger partial charge in [-0.15, -0.1) is 0 Å². The van der Waals surface area contributed by atoms with Crippen LogP contribution in [0.4, 0.5) is 0 Å². The molecule has 0 aliphatic carbocycles. The summed E-state index contributed by atoms with van der Waals surface area (Å²) in [5, 5.41) is 8.74. The number of carboxylic acid groups (broad SMARTS) is 1. The maximum absolute atomic E-state index is 11.8. The molecule has 1 N–H and O–H groups in total. The summed E-state index contributed by atoms with van der Waals surface area (Å²) in [6.07, 6.45) is 1.09. The van der Waals surface area contributed by atoms with E-state index in [1.54, 1.807) is 13.8 Å². The Morgan fingerprint density at radius 1 is 1.33 bits per heavy atom. The summed E-state index contributed by atoms with van der Waals surface area (Å²) in [5.74, 6) is -2.00. The topological polar surface area (TPSA) is 87.8 Å². The molecule has 1 aliphatic rings. The Morgan fingerprint density at radius 2 is 1.89 bits per heavy atom. The lowest BCUT2D eigenvalue weighted by Crippen LogP contribution is -2.30. The molecular weight excluding hydrogens is 238 g/mol. The normalized spacial score (nSPS) is 23.8. The predicted molar refractivity (Wildman–Crippen MR) is 59.6 cm³/mol. The Bertz CT molecular complexity index is 498. The van der Waals surface area contributed by atoms with Crippen molar-refractivity contribution < 1.29 is 23.9 Å². The van der Waals surface area contributed by atoms with Gasteiger partial charge in [0.05, 0.1) is 12.1 Å². The summed E-state index contributed by atoms with van der Waals surface area (Å²) in [7, 11) is 0. The Kier molecular flexibility index (Phi) is 2.94. The molecule has 6 nitrogen and oxygen atoms in total. The van der Waals surface area contributed by atoms with Crippen LogP contribution in [0.15, 0.2) is 16.7 Å². The number of rotatable bonds is 3. The van der Waals surface area contributed by atoms with Crippen LogP contribution in [-0.4, -0.2) is 27.8 Å². The molecule has 1 aromatic rings. The van der Waals surface area contributed by atoms with E-state index in [0.29, 0.717) is 0 Å². The Balaban J connectivity index is 2.16. The summed E-state index contributed by atoms with van der Waals surface area (Å²) in [4.78, 5) is 35.4. The number of aromatic carboxylic acids is 1. The van der Waals surface area contributed by atoms with E-state index in [-0.39, 0.29) is 41.5 Å². The first-order chi connectivity index (χ1) is 8.41. The summed E-state index contributed by atoms with van der Waals surface area (Å²) >= 11 is 0. The number of likely N-dealkylation sites (tertiary alicyclic amines) is 1. The van der Waals surface area contributed by atoms with E-state index in [0.717, 1.165) is 11.2 Å². The fraction of sp³-hybridized carbons (Fsp3) is 0.417. The molecule has 0 aromatic carbocycles. The summed E-state index contributed by atoms with van der Waals surface area (Å²) in [6, 6.07) is 1.32. The van der Waals surface area contributed by atoms with Gasteiger partial charge >= 0.3 is 5.97 Å². The number of amides is 2. The number of carbonyl (C=O) groups excluding carboxylic acids is 2. The van der Waals surface area contributed by atoms with Crippen molar-refractivity contribution in [2.24, 2.45) is 11.8 Å². The molecule has 0 saturated carbocycles. The van der Waals surface area contributed by atoms with Crippen LogP contribution in [0.1, 0.15) is 30.0 Å². The van der Waals surface area contributed by atoms with Gasteiger partial charge in [-0.2, -0.15) is 0 Å². The molecule has 1 aromatic heterocycles. The van der Waals surface area contributed by atoms with E-state index >= 15 is 0 Å². The third kappa shape index (κ3) is 1.90. The van der Waals surface area contributed by atoms with Gasteiger partial charge in [-0.3, -0.25) is 14.5 Å². The molecule has 2 amide bonds. The average Bonchev–Trinajstić information content (AvgIpc) is 2.86. The first-order valence-electron chi connectivity index (χ1n) is 5.57. The van der Waals surface area contributed by atoms with Gasteiger partial charge in [-0.1, -0.05) is 13.8 Å².